The maximum Gasteiger partial charge on any atom is 0.264 e. The van der Waals surface area contributed by atoms with Crippen LogP contribution >= 0.6 is 10.7 Å². The Kier molecular flexibility index (Phi) is 3.20. The lowest BCUT2D eigenvalue weighted by Crippen LogP contribution is -2.06. The van der Waals surface area contributed by atoms with Crippen molar-refractivity contribution in [2.24, 2.45) is 7.05 Å². The SMILES string of the molecule is Cc1nn(Cc2ccn(C)n2)c(C)c1S(=O)(=O)Cl. The van der Waals surface area contributed by atoms with E-state index in [2.05, 4.69) is 10.2 Å². The maximum absolute atomic E-state index is 11.4. The van der Waals surface area contributed by atoms with Crippen LogP contribution in [0.1, 0.15) is 17.1 Å². The van der Waals surface area contributed by atoms with E-state index in [4.69, 9.17) is 10.7 Å². The second kappa shape index (κ2) is 4.40. The van der Waals surface area contributed by atoms with Crippen LogP contribution in [0.4, 0.5) is 0 Å². The van der Waals surface area contributed by atoms with E-state index in [9.17, 15) is 8.42 Å². The van der Waals surface area contributed by atoms with E-state index in [-0.39, 0.29) is 4.90 Å². The van der Waals surface area contributed by atoms with Gasteiger partial charge < -0.3 is 0 Å². The van der Waals surface area contributed by atoms with Crippen LogP contribution in [-0.2, 0) is 22.6 Å². The van der Waals surface area contributed by atoms with Gasteiger partial charge in [0.2, 0.25) is 0 Å². The van der Waals surface area contributed by atoms with Crippen molar-refractivity contribution in [2.75, 3.05) is 0 Å². The van der Waals surface area contributed by atoms with Crippen LogP contribution in [0.3, 0.4) is 0 Å². The van der Waals surface area contributed by atoms with Gasteiger partial charge in [0.25, 0.3) is 9.05 Å². The summed E-state index contributed by atoms with van der Waals surface area (Å²) in [6.45, 7) is 3.72. The fraction of sp³-hybridized carbons (Fsp3) is 0.400. The summed E-state index contributed by atoms with van der Waals surface area (Å²) in [5.41, 5.74) is 1.73. The van der Waals surface area contributed by atoms with Gasteiger partial charge in [-0.2, -0.15) is 10.2 Å². The highest BCUT2D eigenvalue weighted by atomic mass is 35.7. The first-order valence-corrected chi connectivity index (χ1v) is 7.57. The lowest BCUT2D eigenvalue weighted by molar-refractivity contribution is 0.606. The van der Waals surface area contributed by atoms with Gasteiger partial charge in [-0.1, -0.05) is 0 Å². The number of aromatic nitrogens is 4. The molecule has 0 bridgehead atoms. The smallest absolute Gasteiger partial charge is 0.264 e. The maximum atomic E-state index is 11.4. The molecule has 0 spiro atoms. The molecule has 18 heavy (non-hydrogen) atoms. The Morgan fingerprint density at radius 3 is 2.44 bits per heavy atom. The minimum Gasteiger partial charge on any atom is -0.275 e. The Labute approximate surface area is 110 Å². The highest BCUT2D eigenvalue weighted by Gasteiger charge is 2.22. The van der Waals surface area contributed by atoms with Crippen LogP contribution in [0.15, 0.2) is 17.2 Å². The van der Waals surface area contributed by atoms with Crippen molar-refractivity contribution in [1.29, 1.82) is 0 Å². The largest absolute Gasteiger partial charge is 0.275 e. The Morgan fingerprint density at radius 1 is 1.33 bits per heavy atom. The molecule has 98 valence electrons. The molecule has 0 amide bonds. The van der Waals surface area contributed by atoms with Gasteiger partial charge in [-0.05, 0) is 19.9 Å². The molecule has 2 aromatic heterocycles. The molecule has 0 aliphatic carbocycles. The van der Waals surface area contributed by atoms with E-state index < -0.39 is 9.05 Å². The van der Waals surface area contributed by atoms with E-state index >= 15 is 0 Å². The quantitative estimate of drug-likeness (QED) is 0.796. The number of aryl methyl sites for hydroxylation is 2. The number of hydrogen-bond acceptors (Lipinski definition) is 4. The molecule has 0 unspecified atom stereocenters. The van der Waals surface area contributed by atoms with Crippen molar-refractivity contribution < 1.29 is 8.42 Å². The molecule has 0 atom stereocenters. The predicted molar refractivity (Wildman–Crippen MR) is 67.0 cm³/mol. The zero-order chi connectivity index (χ0) is 13.5. The molecule has 2 heterocycles. The molecule has 0 saturated carbocycles. The fourth-order valence-electron chi connectivity index (χ4n) is 1.89. The van der Waals surface area contributed by atoms with Crippen molar-refractivity contribution in [1.82, 2.24) is 19.6 Å². The third-order valence-electron chi connectivity index (χ3n) is 2.64. The topological polar surface area (TPSA) is 69.8 Å². The Bertz CT molecular complexity index is 687. The molecule has 6 nitrogen and oxygen atoms in total. The lowest BCUT2D eigenvalue weighted by Gasteiger charge is -2.01. The second-order valence-electron chi connectivity index (χ2n) is 4.08. The molecule has 0 aliphatic rings. The third-order valence-corrected chi connectivity index (χ3v) is 4.18. The summed E-state index contributed by atoms with van der Waals surface area (Å²) in [5, 5.41) is 8.41. The number of halogens is 1. The molecular formula is C10H13ClN4O2S. The second-order valence-corrected chi connectivity index (χ2v) is 6.58. The lowest BCUT2D eigenvalue weighted by atomic mass is 10.4. The number of nitrogens with zero attached hydrogens (tertiary/aromatic N) is 4. The van der Waals surface area contributed by atoms with Crippen molar-refractivity contribution in [3.05, 3.63) is 29.3 Å². The van der Waals surface area contributed by atoms with Gasteiger partial charge in [0.15, 0.2) is 0 Å². The van der Waals surface area contributed by atoms with Crippen LogP contribution < -0.4 is 0 Å². The van der Waals surface area contributed by atoms with Crippen LogP contribution in [0.25, 0.3) is 0 Å². The van der Waals surface area contributed by atoms with Gasteiger partial charge in [0, 0.05) is 23.9 Å². The van der Waals surface area contributed by atoms with Gasteiger partial charge in [-0.3, -0.25) is 9.36 Å². The monoisotopic (exact) mass is 288 g/mol. The minimum atomic E-state index is -3.77. The van der Waals surface area contributed by atoms with Gasteiger partial charge in [-0.25, -0.2) is 8.42 Å². The Morgan fingerprint density at radius 2 is 2.00 bits per heavy atom. The van der Waals surface area contributed by atoms with Crippen molar-refractivity contribution in [3.63, 3.8) is 0 Å². The van der Waals surface area contributed by atoms with Crippen molar-refractivity contribution >= 4 is 19.7 Å². The normalized spacial score (nSPS) is 12.0. The van der Waals surface area contributed by atoms with Gasteiger partial charge >= 0.3 is 0 Å². The third kappa shape index (κ3) is 2.41. The summed E-state index contributed by atoms with van der Waals surface area (Å²) in [7, 11) is 3.44. The molecule has 0 aromatic carbocycles. The summed E-state index contributed by atoms with van der Waals surface area (Å²) in [6.07, 6.45) is 1.82. The van der Waals surface area contributed by atoms with E-state index in [0.29, 0.717) is 17.9 Å². The standard InChI is InChI=1S/C10H13ClN4O2S/c1-7-10(18(11,16)17)8(2)15(12-7)6-9-4-5-14(3)13-9/h4-5H,6H2,1-3H3. The van der Waals surface area contributed by atoms with E-state index in [1.54, 1.807) is 23.2 Å². The zero-order valence-electron chi connectivity index (χ0n) is 10.3. The van der Waals surface area contributed by atoms with Crippen molar-refractivity contribution in [3.8, 4) is 0 Å². The van der Waals surface area contributed by atoms with Crippen LogP contribution in [0, 0.1) is 13.8 Å². The number of hydrogen-bond donors (Lipinski definition) is 0. The zero-order valence-corrected chi connectivity index (χ0v) is 11.8. The van der Waals surface area contributed by atoms with E-state index in [1.165, 1.54) is 0 Å². The first-order valence-electron chi connectivity index (χ1n) is 5.26. The van der Waals surface area contributed by atoms with Gasteiger partial charge in [0.05, 0.1) is 23.6 Å². The predicted octanol–water partition coefficient (Wildman–Crippen LogP) is 1.21. The van der Waals surface area contributed by atoms with Gasteiger partial charge in [0.1, 0.15) is 4.90 Å². The summed E-state index contributed by atoms with van der Waals surface area (Å²) in [5.74, 6) is 0. The molecule has 0 radical (unpaired) electrons. The van der Waals surface area contributed by atoms with E-state index in [0.717, 1.165) is 5.69 Å². The molecule has 0 fully saturated rings. The van der Waals surface area contributed by atoms with Crippen molar-refractivity contribution in [2.45, 2.75) is 25.3 Å². The first kappa shape index (κ1) is 13.1. The average molecular weight is 289 g/mol. The van der Waals surface area contributed by atoms with Crippen LogP contribution in [-0.4, -0.2) is 28.0 Å². The summed E-state index contributed by atoms with van der Waals surface area (Å²) in [4.78, 5) is 0.0834. The van der Waals surface area contributed by atoms with Gasteiger partial charge in [-0.15, -0.1) is 0 Å². The fourth-order valence-corrected chi connectivity index (χ4v) is 3.41. The summed E-state index contributed by atoms with van der Waals surface area (Å²) < 4.78 is 26.1. The Hall–Kier alpha value is -1.34. The minimum absolute atomic E-state index is 0.0834. The molecule has 0 aliphatic heterocycles. The highest BCUT2D eigenvalue weighted by Crippen LogP contribution is 2.23. The molecule has 8 heteroatoms. The van der Waals surface area contributed by atoms with Crippen LogP contribution in [0.5, 0.6) is 0 Å². The molecular weight excluding hydrogens is 276 g/mol. The Balaban J connectivity index is 2.42. The van der Waals surface area contributed by atoms with E-state index in [1.807, 2.05) is 19.3 Å². The molecule has 2 aromatic rings. The van der Waals surface area contributed by atoms with Crippen LogP contribution in [0.2, 0.25) is 0 Å². The molecule has 0 N–H and O–H groups in total. The average Bonchev–Trinajstić information content (AvgIpc) is 2.71. The number of rotatable bonds is 3. The molecule has 2 rings (SSSR count). The summed E-state index contributed by atoms with van der Waals surface area (Å²) >= 11 is 0. The first-order chi connectivity index (χ1) is 8.29. The molecule has 0 saturated heterocycles. The summed E-state index contributed by atoms with van der Waals surface area (Å²) in [6, 6.07) is 1.85. The highest BCUT2D eigenvalue weighted by molar-refractivity contribution is 8.13.